The van der Waals surface area contributed by atoms with Crippen molar-refractivity contribution in [2.45, 2.75) is 19.8 Å². The standard InChI is InChI=1S/C22H26N4O5/c1-2-31-18-9-7-17(8-10-18)24-21(27)15-23-22(28)16-11-13-25(14-12-16)19-5-3-4-6-20(19)26(29)30/h3-10,16H,2,11-15H2,1H3,(H,23,28)(H,24,27). The van der Waals surface area contributed by atoms with E-state index in [1.165, 1.54) is 6.07 Å². The summed E-state index contributed by atoms with van der Waals surface area (Å²) in [6.07, 6.45) is 1.14. The second-order valence-electron chi connectivity index (χ2n) is 7.23. The molecule has 0 radical (unpaired) electrons. The maximum absolute atomic E-state index is 12.5. The minimum absolute atomic E-state index is 0.0661. The number of nitro benzene ring substituents is 1. The fourth-order valence-electron chi connectivity index (χ4n) is 3.59. The fraction of sp³-hybridized carbons (Fsp3) is 0.364. The summed E-state index contributed by atoms with van der Waals surface area (Å²) in [5, 5.41) is 16.7. The molecule has 2 amide bonds. The molecule has 9 heteroatoms. The normalized spacial score (nSPS) is 14.0. The molecule has 164 valence electrons. The number of carbonyl (C=O) groups is 2. The highest BCUT2D eigenvalue weighted by atomic mass is 16.6. The van der Waals surface area contributed by atoms with Gasteiger partial charge in [0.15, 0.2) is 0 Å². The van der Waals surface area contributed by atoms with E-state index in [4.69, 9.17) is 4.74 Å². The molecule has 0 atom stereocenters. The Morgan fingerprint density at radius 1 is 1.13 bits per heavy atom. The molecule has 0 aromatic heterocycles. The van der Waals surface area contributed by atoms with Crippen molar-refractivity contribution in [1.82, 2.24) is 5.32 Å². The molecule has 1 saturated heterocycles. The van der Waals surface area contributed by atoms with E-state index >= 15 is 0 Å². The monoisotopic (exact) mass is 426 g/mol. The number of amides is 2. The number of rotatable bonds is 8. The largest absolute Gasteiger partial charge is 0.494 e. The molecule has 9 nitrogen and oxygen atoms in total. The number of carbonyl (C=O) groups excluding carboxylic acids is 2. The second kappa shape index (κ2) is 10.4. The van der Waals surface area contributed by atoms with Crippen LogP contribution in [0.15, 0.2) is 48.5 Å². The third kappa shape index (κ3) is 5.94. The Balaban J connectivity index is 1.45. The van der Waals surface area contributed by atoms with Crippen LogP contribution in [0.1, 0.15) is 19.8 Å². The van der Waals surface area contributed by atoms with Gasteiger partial charge in [-0.3, -0.25) is 19.7 Å². The summed E-state index contributed by atoms with van der Waals surface area (Å²) in [5.41, 5.74) is 1.26. The maximum atomic E-state index is 12.5. The van der Waals surface area contributed by atoms with Crippen molar-refractivity contribution in [2.24, 2.45) is 5.92 Å². The van der Waals surface area contributed by atoms with Gasteiger partial charge in [-0.15, -0.1) is 0 Å². The van der Waals surface area contributed by atoms with Crippen LogP contribution in [0, 0.1) is 16.0 Å². The van der Waals surface area contributed by atoms with E-state index in [9.17, 15) is 19.7 Å². The zero-order valence-corrected chi connectivity index (χ0v) is 17.4. The molecule has 3 rings (SSSR count). The first kappa shape index (κ1) is 22.1. The predicted molar refractivity (Wildman–Crippen MR) is 117 cm³/mol. The van der Waals surface area contributed by atoms with Gasteiger partial charge < -0.3 is 20.3 Å². The first-order chi connectivity index (χ1) is 15.0. The Labute approximate surface area is 180 Å². The molecule has 1 aliphatic rings. The van der Waals surface area contributed by atoms with E-state index in [-0.39, 0.29) is 30.0 Å². The minimum Gasteiger partial charge on any atom is -0.494 e. The quantitative estimate of drug-likeness (QED) is 0.496. The molecule has 0 unspecified atom stereocenters. The van der Waals surface area contributed by atoms with Crippen LogP contribution in [0.4, 0.5) is 17.1 Å². The van der Waals surface area contributed by atoms with Gasteiger partial charge in [-0.05, 0) is 50.1 Å². The van der Waals surface area contributed by atoms with Crippen LogP contribution in [-0.2, 0) is 9.59 Å². The van der Waals surface area contributed by atoms with E-state index < -0.39 is 4.92 Å². The van der Waals surface area contributed by atoms with E-state index in [1.807, 2.05) is 11.8 Å². The topological polar surface area (TPSA) is 114 Å². The molecule has 31 heavy (non-hydrogen) atoms. The summed E-state index contributed by atoms with van der Waals surface area (Å²) in [5.74, 6) is 0.0113. The molecular weight excluding hydrogens is 400 g/mol. The lowest BCUT2D eigenvalue weighted by Crippen LogP contribution is -2.42. The zero-order valence-electron chi connectivity index (χ0n) is 17.4. The third-order valence-corrected chi connectivity index (χ3v) is 5.16. The minimum atomic E-state index is -0.392. The van der Waals surface area contributed by atoms with Gasteiger partial charge in [0.1, 0.15) is 11.4 Å². The summed E-state index contributed by atoms with van der Waals surface area (Å²) in [7, 11) is 0. The number of piperidine rings is 1. The van der Waals surface area contributed by atoms with Crippen LogP contribution >= 0.6 is 0 Å². The van der Waals surface area contributed by atoms with Gasteiger partial charge in [0.25, 0.3) is 5.69 Å². The maximum Gasteiger partial charge on any atom is 0.292 e. The van der Waals surface area contributed by atoms with Crippen molar-refractivity contribution in [1.29, 1.82) is 0 Å². The van der Waals surface area contributed by atoms with Crippen LogP contribution in [0.2, 0.25) is 0 Å². The van der Waals surface area contributed by atoms with Gasteiger partial charge in [-0.2, -0.15) is 0 Å². The molecule has 1 heterocycles. The van der Waals surface area contributed by atoms with Crippen molar-refractivity contribution in [3.8, 4) is 5.75 Å². The van der Waals surface area contributed by atoms with Crippen molar-refractivity contribution < 1.29 is 19.2 Å². The van der Waals surface area contributed by atoms with Crippen molar-refractivity contribution in [3.63, 3.8) is 0 Å². The summed E-state index contributed by atoms with van der Waals surface area (Å²) >= 11 is 0. The average molecular weight is 426 g/mol. The molecular formula is C22H26N4O5. The molecule has 0 bridgehead atoms. The highest BCUT2D eigenvalue weighted by Crippen LogP contribution is 2.31. The molecule has 1 fully saturated rings. The third-order valence-electron chi connectivity index (χ3n) is 5.16. The number of para-hydroxylation sites is 2. The van der Waals surface area contributed by atoms with Crippen LogP contribution in [-0.4, -0.2) is 43.0 Å². The van der Waals surface area contributed by atoms with Gasteiger partial charge in [-0.25, -0.2) is 0 Å². The van der Waals surface area contributed by atoms with E-state index in [1.54, 1.807) is 42.5 Å². The second-order valence-corrected chi connectivity index (χ2v) is 7.23. The number of ether oxygens (including phenoxy) is 1. The smallest absolute Gasteiger partial charge is 0.292 e. The number of hydrogen-bond donors (Lipinski definition) is 2. The Kier molecular flexibility index (Phi) is 7.42. The van der Waals surface area contributed by atoms with E-state index in [0.29, 0.717) is 43.9 Å². The molecule has 2 aromatic rings. The highest BCUT2D eigenvalue weighted by Gasteiger charge is 2.28. The summed E-state index contributed by atoms with van der Waals surface area (Å²) in [6.45, 7) is 3.44. The molecule has 1 aliphatic heterocycles. The summed E-state index contributed by atoms with van der Waals surface area (Å²) in [4.78, 5) is 37.3. The van der Waals surface area contributed by atoms with Crippen molar-refractivity contribution >= 4 is 28.9 Å². The van der Waals surface area contributed by atoms with Gasteiger partial charge in [0.05, 0.1) is 18.1 Å². The number of anilines is 2. The molecule has 0 spiro atoms. The Morgan fingerprint density at radius 3 is 2.45 bits per heavy atom. The van der Waals surface area contributed by atoms with Gasteiger partial charge in [0.2, 0.25) is 11.8 Å². The molecule has 0 saturated carbocycles. The molecule has 0 aliphatic carbocycles. The Morgan fingerprint density at radius 2 is 1.81 bits per heavy atom. The van der Waals surface area contributed by atoms with Crippen molar-refractivity contribution in [2.75, 3.05) is 36.5 Å². The number of nitrogens with zero attached hydrogens (tertiary/aromatic N) is 2. The van der Waals surface area contributed by atoms with Crippen LogP contribution in [0.3, 0.4) is 0 Å². The van der Waals surface area contributed by atoms with Crippen LogP contribution in [0.5, 0.6) is 5.75 Å². The van der Waals surface area contributed by atoms with Gasteiger partial charge in [0, 0.05) is 30.8 Å². The number of hydrogen-bond acceptors (Lipinski definition) is 6. The summed E-state index contributed by atoms with van der Waals surface area (Å²) < 4.78 is 5.36. The highest BCUT2D eigenvalue weighted by molar-refractivity contribution is 5.94. The van der Waals surface area contributed by atoms with Crippen molar-refractivity contribution in [3.05, 3.63) is 58.6 Å². The number of nitrogens with one attached hydrogen (secondary N) is 2. The molecule has 2 N–H and O–H groups in total. The van der Waals surface area contributed by atoms with Crippen LogP contribution < -0.4 is 20.3 Å². The number of nitro groups is 1. The number of benzene rings is 2. The lowest BCUT2D eigenvalue weighted by Gasteiger charge is -2.32. The summed E-state index contributed by atoms with van der Waals surface area (Å²) in [6, 6.07) is 13.6. The SMILES string of the molecule is CCOc1ccc(NC(=O)CNC(=O)C2CCN(c3ccccc3[N+](=O)[O-])CC2)cc1. The van der Waals surface area contributed by atoms with Crippen LogP contribution in [0.25, 0.3) is 0 Å². The van der Waals surface area contributed by atoms with Gasteiger partial charge in [-0.1, -0.05) is 12.1 Å². The van der Waals surface area contributed by atoms with E-state index in [0.717, 1.165) is 5.75 Å². The zero-order chi connectivity index (χ0) is 22.2. The lowest BCUT2D eigenvalue weighted by molar-refractivity contribution is -0.384. The fourth-order valence-corrected chi connectivity index (χ4v) is 3.59. The predicted octanol–water partition coefficient (Wildman–Crippen LogP) is 2.96. The van der Waals surface area contributed by atoms with Gasteiger partial charge >= 0.3 is 0 Å². The molecule has 2 aromatic carbocycles. The van der Waals surface area contributed by atoms with E-state index in [2.05, 4.69) is 10.6 Å². The first-order valence-corrected chi connectivity index (χ1v) is 10.3. The Hall–Kier alpha value is -3.62. The average Bonchev–Trinajstić information content (AvgIpc) is 2.79. The Bertz CT molecular complexity index is 924. The lowest BCUT2D eigenvalue weighted by atomic mass is 9.95. The first-order valence-electron chi connectivity index (χ1n) is 10.3.